The van der Waals surface area contributed by atoms with Crippen LogP contribution in [0.15, 0.2) is 41.8 Å². The zero-order valence-corrected chi connectivity index (χ0v) is 18.2. The molecule has 0 saturated heterocycles. The van der Waals surface area contributed by atoms with Gasteiger partial charge in [0.1, 0.15) is 12.3 Å². The molecule has 3 aromatic rings. The maximum absolute atomic E-state index is 12.9. The summed E-state index contributed by atoms with van der Waals surface area (Å²) in [6, 6.07) is 11.5. The van der Waals surface area contributed by atoms with Crippen molar-refractivity contribution in [1.82, 2.24) is 4.98 Å². The van der Waals surface area contributed by atoms with Crippen LogP contribution >= 0.6 is 11.3 Å². The van der Waals surface area contributed by atoms with Gasteiger partial charge in [-0.25, -0.2) is 4.98 Å². The van der Waals surface area contributed by atoms with Crippen molar-refractivity contribution in [1.29, 1.82) is 0 Å². The molecule has 1 N–H and O–H groups in total. The number of nitrogens with zero attached hydrogens (tertiary/aromatic N) is 2. The second-order valence-electron chi connectivity index (χ2n) is 7.43. The summed E-state index contributed by atoms with van der Waals surface area (Å²) >= 11 is 1.57. The number of para-hydroxylation sites is 1. The Morgan fingerprint density at radius 2 is 1.93 bits per heavy atom. The normalized spacial score (nSPS) is 15.5. The summed E-state index contributed by atoms with van der Waals surface area (Å²) in [4.78, 5) is 31.7. The number of ether oxygens (including phenoxy) is 1. The Hall–Kier alpha value is -3.19. The van der Waals surface area contributed by atoms with Crippen LogP contribution in [0.25, 0.3) is 11.3 Å². The topological polar surface area (TPSA) is 71.5 Å². The van der Waals surface area contributed by atoms with Crippen LogP contribution < -0.4 is 15.0 Å². The minimum atomic E-state index is -0.655. The summed E-state index contributed by atoms with van der Waals surface area (Å²) in [6.07, 6.45) is -0.655. The molecule has 154 valence electrons. The first-order valence-corrected chi connectivity index (χ1v) is 10.6. The maximum atomic E-state index is 12.9. The summed E-state index contributed by atoms with van der Waals surface area (Å²) in [5.41, 5.74) is 5.04. The second kappa shape index (κ2) is 7.91. The molecule has 2 heterocycles. The van der Waals surface area contributed by atoms with Crippen LogP contribution in [0.3, 0.4) is 0 Å². The Balaban J connectivity index is 1.64. The fourth-order valence-electron chi connectivity index (χ4n) is 3.56. The predicted molar refractivity (Wildman–Crippen MR) is 119 cm³/mol. The van der Waals surface area contributed by atoms with Gasteiger partial charge in [-0.05, 0) is 57.0 Å². The van der Waals surface area contributed by atoms with E-state index in [4.69, 9.17) is 4.74 Å². The van der Waals surface area contributed by atoms with Gasteiger partial charge >= 0.3 is 0 Å². The number of carbonyl (C=O) groups is 2. The van der Waals surface area contributed by atoms with Crippen LogP contribution in [0.2, 0.25) is 0 Å². The number of hydrogen-bond donors (Lipinski definition) is 1. The lowest BCUT2D eigenvalue weighted by Gasteiger charge is -2.33. The quantitative estimate of drug-likeness (QED) is 0.674. The van der Waals surface area contributed by atoms with Crippen molar-refractivity contribution < 1.29 is 14.3 Å². The summed E-state index contributed by atoms with van der Waals surface area (Å²) in [6.45, 7) is 7.45. The average molecular weight is 422 g/mol. The maximum Gasteiger partial charge on any atom is 0.268 e. The van der Waals surface area contributed by atoms with Gasteiger partial charge in [0.25, 0.3) is 5.91 Å². The monoisotopic (exact) mass is 421 g/mol. The van der Waals surface area contributed by atoms with Crippen LogP contribution in [0, 0.1) is 20.8 Å². The van der Waals surface area contributed by atoms with Crippen LogP contribution in [0.5, 0.6) is 5.75 Å². The van der Waals surface area contributed by atoms with E-state index in [2.05, 4.69) is 10.3 Å². The summed E-state index contributed by atoms with van der Waals surface area (Å²) in [5.74, 6) is 0.0825. The van der Waals surface area contributed by atoms with E-state index in [0.717, 1.165) is 33.1 Å². The molecule has 1 atom stereocenters. The van der Waals surface area contributed by atoms with Gasteiger partial charge in [-0.15, -0.1) is 11.3 Å². The molecule has 7 heteroatoms. The lowest BCUT2D eigenvalue weighted by Crippen LogP contribution is -2.47. The average Bonchev–Trinajstić information content (AvgIpc) is 3.14. The molecule has 2 amide bonds. The number of carbonyl (C=O) groups excluding carboxylic acids is 2. The highest BCUT2D eigenvalue weighted by molar-refractivity contribution is 7.09. The highest BCUT2D eigenvalue weighted by atomic mass is 32.1. The number of aromatic nitrogens is 1. The molecule has 1 unspecified atom stereocenters. The van der Waals surface area contributed by atoms with Crippen molar-refractivity contribution in [2.24, 2.45) is 0 Å². The third-order valence-corrected chi connectivity index (χ3v) is 5.90. The van der Waals surface area contributed by atoms with Gasteiger partial charge < -0.3 is 10.1 Å². The van der Waals surface area contributed by atoms with Crippen LogP contribution in [0.1, 0.15) is 23.1 Å². The molecule has 0 aliphatic carbocycles. The Morgan fingerprint density at radius 3 is 2.60 bits per heavy atom. The van der Waals surface area contributed by atoms with Gasteiger partial charge in [0.05, 0.1) is 16.4 Å². The number of thiazole rings is 1. The van der Waals surface area contributed by atoms with Crippen molar-refractivity contribution in [2.75, 3.05) is 16.8 Å². The number of benzene rings is 2. The molecule has 4 rings (SSSR count). The predicted octanol–water partition coefficient (Wildman–Crippen LogP) is 4.49. The number of rotatable bonds is 4. The molecule has 1 aliphatic rings. The molecule has 0 spiro atoms. The van der Waals surface area contributed by atoms with Gasteiger partial charge in [0, 0.05) is 16.6 Å². The minimum Gasteiger partial charge on any atom is -0.479 e. The van der Waals surface area contributed by atoms with Crippen molar-refractivity contribution in [3.63, 3.8) is 0 Å². The highest BCUT2D eigenvalue weighted by Gasteiger charge is 2.33. The SMILES string of the molecule is Cc1nc(-c2ccc3c(c2)N(CC(=O)Nc2c(C)cccc2C)C(=O)C(C)O3)cs1. The Labute approximate surface area is 179 Å². The molecule has 0 fully saturated rings. The zero-order valence-electron chi connectivity index (χ0n) is 17.4. The molecule has 0 radical (unpaired) electrons. The molecule has 0 saturated carbocycles. The van der Waals surface area contributed by atoms with E-state index in [-0.39, 0.29) is 18.4 Å². The third-order valence-electron chi connectivity index (χ3n) is 5.13. The Kier molecular flexibility index (Phi) is 5.30. The van der Waals surface area contributed by atoms with Crippen LogP contribution in [0.4, 0.5) is 11.4 Å². The zero-order chi connectivity index (χ0) is 21.4. The standard InChI is InChI=1S/C23H23N3O3S/c1-13-6-5-7-14(2)22(13)25-21(27)11-26-19-10-17(18-12-30-16(4)24-18)8-9-20(19)29-15(3)23(26)28/h5-10,12,15H,11H2,1-4H3,(H,25,27). The number of hydrogen-bond acceptors (Lipinski definition) is 5. The van der Waals surface area contributed by atoms with Crippen LogP contribution in [-0.4, -0.2) is 29.4 Å². The molecule has 1 aromatic heterocycles. The van der Waals surface area contributed by atoms with E-state index in [1.165, 1.54) is 4.90 Å². The van der Waals surface area contributed by atoms with E-state index in [9.17, 15) is 9.59 Å². The number of aryl methyl sites for hydroxylation is 3. The number of amides is 2. The fourth-order valence-corrected chi connectivity index (χ4v) is 4.18. The molecule has 1 aliphatic heterocycles. The van der Waals surface area contributed by atoms with Gasteiger partial charge in [0.2, 0.25) is 5.91 Å². The lowest BCUT2D eigenvalue weighted by molar-refractivity contribution is -0.127. The van der Waals surface area contributed by atoms with E-state index < -0.39 is 6.10 Å². The highest BCUT2D eigenvalue weighted by Crippen LogP contribution is 2.37. The molecule has 2 aromatic carbocycles. The largest absolute Gasteiger partial charge is 0.479 e. The number of anilines is 2. The molecule has 6 nitrogen and oxygen atoms in total. The molecular weight excluding hydrogens is 398 g/mol. The van der Waals surface area contributed by atoms with E-state index in [1.807, 2.05) is 62.5 Å². The molecule has 30 heavy (non-hydrogen) atoms. The summed E-state index contributed by atoms with van der Waals surface area (Å²) < 4.78 is 5.77. The molecule has 0 bridgehead atoms. The first kappa shape index (κ1) is 20.1. The van der Waals surface area contributed by atoms with Gasteiger partial charge in [-0.1, -0.05) is 18.2 Å². The first-order valence-electron chi connectivity index (χ1n) is 9.74. The summed E-state index contributed by atoms with van der Waals surface area (Å²) in [5, 5.41) is 5.90. The summed E-state index contributed by atoms with van der Waals surface area (Å²) in [7, 11) is 0. The van der Waals surface area contributed by atoms with Gasteiger partial charge in [0.15, 0.2) is 6.10 Å². The van der Waals surface area contributed by atoms with E-state index in [1.54, 1.807) is 18.3 Å². The Morgan fingerprint density at radius 1 is 1.20 bits per heavy atom. The van der Waals surface area contributed by atoms with Crippen molar-refractivity contribution in [3.05, 3.63) is 57.9 Å². The third kappa shape index (κ3) is 3.80. The van der Waals surface area contributed by atoms with E-state index in [0.29, 0.717) is 11.4 Å². The van der Waals surface area contributed by atoms with E-state index >= 15 is 0 Å². The number of fused-ring (bicyclic) bond motifs is 1. The van der Waals surface area contributed by atoms with Crippen molar-refractivity contribution in [3.8, 4) is 17.0 Å². The molecular formula is C23H23N3O3S. The van der Waals surface area contributed by atoms with Crippen molar-refractivity contribution >= 4 is 34.5 Å². The lowest BCUT2D eigenvalue weighted by atomic mass is 10.1. The van der Waals surface area contributed by atoms with Gasteiger partial charge in [-0.2, -0.15) is 0 Å². The first-order chi connectivity index (χ1) is 14.3. The fraction of sp³-hybridized carbons (Fsp3) is 0.261. The second-order valence-corrected chi connectivity index (χ2v) is 8.50. The van der Waals surface area contributed by atoms with Crippen molar-refractivity contribution in [2.45, 2.75) is 33.8 Å². The smallest absolute Gasteiger partial charge is 0.268 e. The number of nitrogens with one attached hydrogen (secondary N) is 1. The Bertz CT molecular complexity index is 1120. The van der Waals surface area contributed by atoms with Crippen LogP contribution in [-0.2, 0) is 9.59 Å². The van der Waals surface area contributed by atoms with Gasteiger partial charge in [-0.3, -0.25) is 14.5 Å². The minimum absolute atomic E-state index is 0.0904.